The highest BCUT2D eigenvalue weighted by Crippen LogP contribution is 2.28. The summed E-state index contributed by atoms with van der Waals surface area (Å²) < 4.78 is 0. The number of amides is 1. The van der Waals surface area contributed by atoms with Crippen LogP contribution in [0.1, 0.15) is 24.5 Å². The number of carbonyl (C=O) groups excluding carboxylic acids is 1. The second-order valence-electron chi connectivity index (χ2n) is 5.67. The van der Waals surface area contributed by atoms with Crippen LogP contribution in [-0.4, -0.2) is 17.2 Å². The number of rotatable bonds is 3. The quantitative estimate of drug-likeness (QED) is 0.941. The van der Waals surface area contributed by atoms with E-state index in [0.717, 1.165) is 22.5 Å². The van der Waals surface area contributed by atoms with Crippen LogP contribution in [0.25, 0.3) is 0 Å². The molecule has 0 radical (unpaired) electrons. The molecule has 4 heteroatoms. The van der Waals surface area contributed by atoms with Crippen molar-refractivity contribution in [1.29, 1.82) is 0 Å². The van der Waals surface area contributed by atoms with Gasteiger partial charge in [0.25, 0.3) is 5.91 Å². The Labute approximate surface area is 129 Å². The summed E-state index contributed by atoms with van der Waals surface area (Å²) in [6.07, 6.45) is 0.453. The lowest BCUT2D eigenvalue weighted by Gasteiger charge is -2.21. The van der Waals surface area contributed by atoms with Gasteiger partial charge in [-0.3, -0.25) is 4.79 Å². The van der Waals surface area contributed by atoms with E-state index < -0.39 is 5.60 Å². The summed E-state index contributed by atoms with van der Waals surface area (Å²) in [6, 6.07) is 17.4. The molecular weight excluding hydrogens is 276 g/mol. The number of oxime groups is 1. The summed E-state index contributed by atoms with van der Waals surface area (Å²) >= 11 is 0. The fourth-order valence-corrected chi connectivity index (χ4v) is 2.41. The van der Waals surface area contributed by atoms with E-state index >= 15 is 0 Å². The molecule has 1 aliphatic rings. The summed E-state index contributed by atoms with van der Waals surface area (Å²) in [7, 11) is 0. The Morgan fingerprint density at radius 3 is 2.55 bits per heavy atom. The normalized spacial score (nSPS) is 20.2. The maximum Gasteiger partial charge on any atom is 0.271 e. The van der Waals surface area contributed by atoms with Crippen LogP contribution in [0.2, 0.25) is 0 Å². The molecule has 0 fully saturated rings. The monoisotopic (exact) mass is 294 g/mol. The highest BCUT2D eigenvalue weighted by atomic mass is 16.7. The number of nitrogens with zero attached hydrogens (tertiary/aromatic N) is 1. The summed E-state index contributed by atoms with van der Waals surface area (Å²) in [5.74, 6) is -0.184. The molecule has 0 bridgehead atoms. The maximum atomic E-state index is 12.6. The molecule has 0 saturated carbocycles. The maximum absolute atomic E-state index is 12.6. The minimum absolute atomic E-state index is 0.184. The highest BCUT2D eigenvalue weighted by Gasteiger charge is 2.42. The van der Waals surface area contributed by atoms with Crippen LogP contribution in [0.4, 0.5) is 5.69 Å². The lowest BCUT2D eigenvalue weighted by Crippen LogP contribution is -2.40. The van der Waals surface area contributed by atoms with Gasteiger partial charge < -0.3 is 10.2 Å². The molecule has 0 spiro atoms. The Balaban J connectivity index is 1.73. The van der Waals surface area contributed by atoms with E-state index in [9.17, 15) is 4.79 Å². The van der Waals surface area contributed by atoms with Crippen LogP contribution in [0.15, 0.2) is 59.8 Å². The number of hydrogen-bond acceptors (Lipinski definition) is 3. The SMILES string of the molecule is Cc1ccccc1NC(=O)[C@@]1(C)CC(c2ccccc2)=NO1. The van der Waals surface area contributed by atoms with E-state index in [2.05, 4.69) is 10.5 Å². The van der Waals surface area contributed by atoms with Gasteiger partial charge in [0.05, 0.1) is 5.71 Å². The molecule has 22 heavy (non-hydrogen) atoms. The van der Waals surface area contributed by atoms with Crippen molar-refractivity contribution in [2.24, 2.45) is 5.16 Å². The topological polar surface area (TPSA) is 50.7 Å². The van der Waals surface area contributed by atoms with Crippen molar-refractivity contribution >= 4 is 17.3 Å². The van der Waals surface area contributed by atoms with Gasteiger partial charge in [0, 0.05) is 12.1 Å². The summed E-state index contributed by atoms with van der Waals surface area (Å²) in [6.45, 7) is 3.72. The van der Waals surface area contributed by atoms with Crippen LogP contribution in [0.5, 0.6) is 0 Å². The van der Waals surface area contributed by atoms with Gasteiger partial charge in [0.15, 0.2) is 0 Å². The van der Waals surface area contributed by atoms with Crippen molar-refractivity contribution in [3.8, 4) is 0 Å². The molecule has 112 valence electrons. The standard InChI is InChI=1S/C18H18N2O2/c1-13-8-6-7-11-15(13)19-17(21)18(2)12-16(20-22-18)14-9-4-3-5-10-14/h3-11H,12H2,1-2H3,(H,19,21)/t18-/m1/s1. The first-order valence-electron chi connectivity index (χ1n) is 7.26. The molecule has 1 N–H and O–H groups in total. The third kappa shape index (κ3) is 2.72. The Hall–Kier alpha value is -2.62. The molecule has 1 aliphatic heterocycles. The molecule has 3 rings (SSSR count). The first kappa shape index (κ1) is 14.3. The summed E-state index contributed by atoms with van der Waals surface area (Å²) in [4.78, 5) is 18.0. The zero-order valence-electron chi connectivity index (χ0n) is 12.7. The molecular formula is C18H18N2O2. The minimum Gasteiger partial charge on any atom is -0.379 e. The van der Waals surface area contributed by atoms with Gasteiger partial charge in [-0.05, 0) is 31.0 Å². The van der Waals surface area contributed by atoms with E-state index in [-0.39, 0.29) is 5.91 Å². The van der Waals surface area contributed by atoms with E-state index in [0.29, 0.717) is 6.42 Å². The second-order valence-corrected chi connectivity index (χ2v) is 5.67. The van der Waals surface area contributed by atoms with Gasteiger partial charge in [0.2, 0.25) is 5.60 Å². The number of anilines is 1. The van der Waals surface area contributed by atoms with Crippen LogP contribution in [0.3, 0.4) is 0 Å². The van der Waals surface area contributed by atoms with Crippen LogP contribution < -0.4 is 5.32 Å². The lowest BCUT2D eigenvalue weighted by atomic mass is 9.95. The first-order chi connectivity index (χ1) is 10.6. The van der Waals surface area contributed by atoms with Crippen molar-refractivity contribution in [2.45, 2.75) is 25.9 Å². The van der Waals surface area contributed by atoms with Crippen molar-refractivity contribution < 1.29 is 9.63 Å². The molecule has 4 nitrogen and oxygen atoms in total. The third-order valence-corrected chi connectivity index (χ3v) is 3.84. The predicted octanol–water partition coefficient (Wildman–Crippen LogP) is 3.52. The van der Waals surface area contributed by atoms with Crippen LogP contribution in [-0.2, 0) is 9.63 Å². The lowest BCUT2D eigenvalue weighted by molar-refractivity contribution is -0.135. The zero-order valence-corrected chi connectivity index (χ0v) is 12.7. The van der Waals surface area contributed by atoms with Gasteiger partial charge in [-0.25, -0.2) is 0 Å². The molecule has 1 atom stereocenters. The summed E-state index contributed by atoms with van der Waals surface area (Å²) in [5, 5.41) is 7.03. The van der Waals surface area contributed by atoms with Crippen molar-refractivity contribution in [2.75, 3.05) is 5.32 Å². The van der Waals surface area contributed by atoms with E-state index in [1.165, 1.54) is 0 Å². The molecule has 1 heterocycles. The first-order valence-corrected chi connectivity index (χ1v) is 7.26. The average Bonchev–Trinajstić information content (AvgIpc) is 2.94. The Kier molecular flexibility index (Phi) is 3.67. The predicted molar refractivity (Wildman–Crippen MR) is 86.9 cm³/mol. The fraction of sp³-hybridized carbons (Fsp3) is 0.222. The van der Waals surface area contributed by atoms with Gasteiger partial charge >= 0.3 is 0 Å². The molecule has 0 unspecified atom stereocenters. The third-order valence-electron chi connectivity index (χ3n) is 3.84. The number of hydrogen-bond donors (Lipinski definition) is 1. The van der Waals surface area contributed by atoms with E-state index in [1.54, 1.807) is 6.92 Å². The Morgan fingerprint density at radius 1 is 1.14 bits per heavy atom. The number of nitrogens with one attached hydrogen (secondary N) is 1. The van der Waals surface area contributed by atoms with Crippen LogP contribution >= 0.6 is 0 Å². The van der Waals surface area contributed by atoms with Gasteiger partial charge in [0.1, 0.15) is 0 Å². The Bertz CT molecular complexity index is 725. The number of aryl methyl sites for hydroxylation is 1. The van der Waals surface area contributed by atoms with Crippen LogP contribution in [0, 0.1) is 6.92 Å². The molecule has 1 amide bonds. The minimum atomic E-state index is -0.979. The molecule has 0 aromatic heterocycles. The second kappa shape index (κ2) is 5.64. The molecule has 2 aromatic carbocycles. The Morgan fingerprint density at radius 2 is 1.82 bits per heavy atom. The van der Waals surface area contributed by atoms with E-state index in [4.69, 9.17) is 4.84 Å². The number of para-hydroxylation sites is 1. The molecule has 0 saturated heterocycles. The number of carbonyl (C=O) groups is 1. The van der Waals surface area contributed by atoms with Gasteiger partial charge in [-0.2, -0.15) is 0 Å². The largest absolute Gasteiger partial charge is 0.379 e. The number of benzene rings is 2. The molecule has 0 aliphatic carbocycles. The zero-order chi connectivity index (χ0) is 15.6. The summed E-state index contributed by atoms with van der Waals surface area (Å²) in [5.41, 5.74) is 2.61. The average molecular weight is 294 g/mol. The van der Waals surface area contributed by atoms with E-state index in [1.807, 2.05) is 61.5 Å². The van der Waals surface area contributed by atoms with Crippen molar-refractivity contribution in [3.63, 3.8) is 0 Å². The van der Waals surface area contributed by atoms with Crippen molar-refractivity contribution in [3.05, 3.63) is 65.7 Å². The highest BCUT2D eigenvalue weighted by molar-refractivity contribution is 6.08. The van der Waals surface area contributed by atoms with Gasteiger partial charge in [-0.15, -0.1) is 0 Å². The van der Waals surface area contributed by atoms with Gasteiger partial charge in [-0.1, -0.05) is 53.7 Å². The fourth-order valence-electron chi connectivity index (χ4n) is 2.41. The smallest absolute Gasteiger partial charge is 0.271 e. The molecule has 2 aromatic rings. The van der Waals surface area contributed by atoms with Crippen molar-refractivity contribution in [1.82, 2.24) is 0 Å².